The Kier molecular flexibility index (Phi) is 5.04. The van der Waals surface area contributed by atoms with E-state index in [0.717, 1.165) is 0 Å². The predicted molar refractivity (Wildman–Crippen MR) is 49.1 cm³/mol. The highest BCUT2D eigenvalue weighted by Gasteiger charge is 2.19. The molecule has 1 aromatic rings. The number of rotatable bonds is 5. The van der Waals surface area contributed by atoms with Crippen molar-refractivity contribution in [1.29, 1.82) is 0 Å². The highest BCUT2D eigenvalue weighted by atomic mass is 17.8. The molecule has 0 aromatic heterocycles. The average molecular weight is 244 g/mol. The first-order valence-electron chi connectivity index (χ1n) is 4.23. The van der Waals surface area contributed by atoms with Crippen molar-refractivity contribution in [2.75, 3.05) is 7.11 Å². The van der Waals surface area contributed by atoms with Gasteiger partial charge < -0.3 is 4.74 Å². The Morgan fingerprint density at radius 3 is 2.18 bits per heavy atom. The van der Waals surface area contributed by atoms with Crippen LogP contribution >= 0.6 is 0 Å². The fraction of sp³-hybridized carbons (Fsp3) is 0.111. The van der Waals surface area contributed by atoms with E-state index < -0.39 is 11.9 Å². The van der Waals surface area contributed by atoms with Gasteiger partial charge in [-0.05, 0) is 17.2 Å². The van der Waals surface area contributed by atoms with E-state index in [1.165, 1.54) is 31.4 Å². The summed E-state index contributed by atoms with van der Waals surface area (Å²) >= 11 is 0. The maximum Gasteiger partial charge on any atom is 0.377 e. The number of methoxy groups -OCH3 is 1. The summed E-state index contributed by atoms with van der Waals surface area (Å²) in [7, 11) is 1.17. The maximum atomic E-state index is 11.4. The molecular formula is C9H8O8. The molecule has 1 rings (SSSR count). The number of esters is 1. The summed E-state index contributed by atoms with van der Waals surface area (Å²) in [6, 6.07) is 5.73. The van der Waals surface area contributed by atoms with E-state index in [1.807, 2.05) is 0 Å². The molecule has 0 aliphatic rings. The first kappa shape index (κ1) is 13.1. The third kappa shape index (κ3) is 3.50. The van der Waals surface area contributed by atoms with Gasteiger partial charge in [0.1, 0.15) is 0 Å². The Bertz CT molecular complexity index is 402. The highest BCUT2D eigenvalue weighted by molar-refractivity contribution is 6.02. The van der Waals surface area contributed by atoms with Gasteiger partial charge in [-0.25, -0.2) is 14.8 Å². The lowest BCUT2D eigenvalue weighted by Crippen LogP contribution is -2.13. The molecule has 0 unspecified atom stereocenters. The molecule has 0 aliphatic carbocycles. The largest absolute Gasteiger partial charge is 0.465 e. The van der Waals surface area contributed by atoms with Crippen molar-refractivity contribution < 1.29 is 39.6 Å². The number of carbonyl (C=O) groups excluding carboxylic acids is 2. The maximum absolute atomic E-state index is 11.4. The fourth-order valence-electron chi connectivity index (χ4n) is 1.05. The van der Waals surface area contributed by atoms with Gasteiger partial charge in [0.05, 0.1) is 18.2 Å². The molecule has 0 aliphatic heterocycles. The molecular weight excluding hydrogens is 236 g/mol. The van der Waals surface area contributed by atoms with E-state index in [9.17, 15) is 9.59 Å². The second-order valence-corrected chi connectivity index (χ2v) is 2.62. The van der Waals surface area contributed by atoms with Gasteiger partial charge in [-0.1, -0.05) is 12.1 Å². The zero-order valence-corrected chi connectivity index (χ0v) is 8.61. The normalized spacial score (nSPS) is 9.76. The number of hydrogen-bond donors (Lipinski definition) is 1. The zero-order chi connectivity index (χ0) is 12.7. The highest BCUT2D eigenvalue weighted by Crippen LogP contribution is 2.11. The van der Waals surface area contributed by atoms with Gasteiger partial charge >= 0.3 is 11.9 Å². The van der Waals surface area contributed by atoms with E-state index >= 15 is 0 Å². The summed E-state index contributed by atoms with van der Waals surface area (Å²) in [5.74, 6) is -1.74. The Hall–Kier alpha value is -2.00. The van der Waals surface area contributed by atoms with Crippen LogP contribution in [0.3, 0.4) is 0 Å². The van der Waals surface area contributed by atoms with Gasteiger partial charge in [0.15, 0.2) is 0 Å². The predicted octanol–water partition coefficient (Wildman–Crippen LogP) is 0.898. The van der Waals surface area contributed by atoms with Crippen molar-refractivity contribution in [2.24, 2.45) is 0 Å². The smallest absolute Gasteiger partial charge is 0.377 e. The average Bonchev–Trinajstić information content (AvgIpc) is 2.38. The molecule has 0 saturated carbocycles. The van der Waals surface area contributed by atoms with Crippen LogP contribution in [0.5, 0.6) is 0 Å². The van der Waals surface area contributed by atoms with E-state index in [-0.39, 0.29) is 11.1 Å². The van der Waals surface area contributed by atoms with Crippen LogP contribution < -0.4 is 0 Å². The second-order valence-electron chi connectivity index (χ2n) is 2.62. The lowest BCUT2D eigenvalue weighted by Gasteiger charge is -2.04. The van der Waals surface area contributed by atoms with E-state index in [0.29, 0.717) is 0 Å². The molecule has 1 N–H and O–H groups in total. The second kappa shape index (κ2) is 6.55. The van der Waals surface area contributed by atoms with Crippen molar-refractivity contribution in [3.63, 3.8) is 0 Å². The Labute approximate surface area is 94.9 Å². The standard InChI is InChI=1S/C9H8O8/c1-13-8(10)6-4-2-3-5-7(6)9(11)14-16-17-15-12/h2-5,12H,1H3. The van der Waals surface area contributed by atoms with Crippen LogP contribution in [0.15, 0.2) is 24.3 Å². The molecule has 17 heavy (non-hydrogen) atoms. The van der Waals surface area contributed by atoms with Crippen molar-refractivity contribution in [2.45, 2.75) is 0 Å². The van der Waals surface area contributed by atoms with Crippen LogP contribution in [0.2, 0.25) is 0 Å². The summed E-state index contributed by atoms with van der Waals surface area (Å²) in [6.45, 7) is 0. The van der Waals surface area contributed by atoms with Gasteiger partial charge in [-0.2, -0.15) is 0 Å². The Morgan fingerprint density at radius 2 is 1.65 bits per heavy atom. The topological polar surface area (TPSA) is 101 Å². The summed E-state index contributed by atoms with van der Waals surface area (Å²) in [5.41, 5.74) is -0.102. The van der Waals surface area contributed by atoms with Crippen LogP contribution in [0.25, 0.3) is 0 Å². The third-order valence-corrected chi connectivity index (χ3v) is 1.72. The molecule has 0 bridgehead atoms. The molecule has 0 saturated heterocycles. The minimum absolute atomic E-state index is 0.00600. The van der Waals surface area contributed by atoms with Crippen molar-refractivity contribution in [3.8, 4) is 0 Å². The van der Waals surface area contributed by atoms with Gasteiger partial charge in [0.25, 0.3) is 0 Å². The monoisotopic (exact) mass is 244 g/mol. The summed E-state index contributed by atoms with van der Waals surface area (Å²) in [6.07, 6.45) is 0. The quantitative estimate of drug-likeness (QED) is 0.353. The van der Waals surface area contributed by atoms with Crippen molar-refractivity contribution >= 4 is 11.9 Å². The van der Waals surface area contributed by atoms with Crippen molar-refractivity contribution in [1.82, 2.24) is 0 Å². The molecule has 0 fully saturated rings. The van der Waals surface area contributed by atoms with E-state index in [4.69, 9.17) is 5.26 Å². The molecule has 0 amide bonds. The van der Waals surface area contributed by atoms with Crippen LogP contribution in [0.4, 0.5) is 0 Å². The van der Waals surface area contributed by atoms with Gasteiger partial charge in [-0.3, -0.25) is 4.89 Å². The summed E-state index contributed by atoms with van der Waals surface area (Å²) in [5, 5.41) is 17.9. The minimum Gasteiger partial charge on any atom is -0.465 e. The third-order valence-electron chi connectivity index (χ3n) is 1.72. The first-order chi connectivity index (χ1) is 8.20. The minimum atomic E-state index is -1.02. The summed E-state index contributed by atoms with van der Waals surface area (Å²) < 4.78 is 4.47. The molecule has 0 atom stereocenters. The van der Waals surface area contributed by atoms with Crippen molar-refractivity contribution in [3.05, 3.63) is 35.4 Å². The molecule has 8 nitrogen and oxygen atoms in total. The molecule has 8 heteroatoms. The van der Waals surface area contributed by atoms with E-state index in [2.05, 4.69) is 24.7 Å². The number of ether oxygens (including phenoxy) is 1. The molecule has 1 aromatic carbocycles. The SMILES string of the molecule is COC(=O)c1ccccc1C(=O)OOOOO. The van der Waals surface area contributed by atoms with Crippen LogP contribution in [0.1, 0.15) is 20.7 Å². The molecule has 0 radical (unpaired) electrons. The Morgan fingerprint density at radius 1 is 1.06 bits per heavy atom. The lowest BCUT2D eigenvalue weighted by molar-refractivity contribution is -0.689. The number of hydrogen-bond acceptors (Lipinski definition) is 8. The number of benzene rings is 1. The Balaban J connectivity index is 2.82. The van der Waals surface area contributed by atoms with Crippen LogP contribution in [-0.2, 0) is 24.7 Å². The molecule has 92 valence electrons. The van der Waals surface area contributed by atoms with Gasteiger partial charge in [0, 0.05) is 10.1 Å². The fourth-order valence-corrected chi connectivity index (χ4v) is 1.05. The van der Waals surface area contributed by atoms with Gasteiger partial charge in [0.2, 0.25) is 0 Å². The van der Waals surface area contributed by atoms with Crippen LogP contribution in [-0.4, -0.2) is 24.3 Å². The molecule has 0 heterocycles. The number of carbonyl (C=O) groups is 2. The van der Waals surface area contributed by atoms with Crippen LogP contribution in [0, 0.1) is 0 Å². The molecule has 0 spiro atoms. The zero-order valence-electron chi connectivity index (χ0n) is 8.61. The first-order valence-corrected chi connectivity index (χ1v) is 4.23. The summed E-state index contributed by atoms with van der Waals surface area (Å²) in [4.78, 5) is 26.7. The lowest BCUT2D eigenvalue weighted by atomic mass is 10.1. The van der Waals surface area contributed by atoms with Gasteiger partial charge in [-0.15, -0.1) is 0 Å². The van der Waals surface area contributed by atoms with E-state index in [1.54, 1.807) is 0 Å².